The monoisotopic (exact) mass is 214 g/mol. The SMILES string of the molecule is O=C(NCC1(CO)CC1)N1CCOCC1. The van der Waals surface area contributed by atoms with E-state index in [1.54, 1.807) is 4.90 Å². The lowest BCUT2D eigenvalue weighted by Crippen LogP contribution is -2.47. The molecule has 15 heavy (non-hydrogen) atoms. The second-order valence-electron chi connectivity index (χ2n) is 4.42. The summed E-state index contributed by atoms with van der Waals surface area (Å²) in [6, 6.07) is -0.0296. The molecule has 2 N–H and O–H groups in total. The maximum Gasteiger partial charge on any atom is 0.317 e. The number of nitrogens with one attached hydrogen (secondary N) is 1. The van der Waals surface area contributed by atoms with E-state index in [-0.39, 0.29) is 18.1 Å². The van der Waals surface area contributed by atoms with Crippen LogP contribution in [0.2, 0.25) is 0 Å². The van der Waals surface area contributed by atoms with Gasteiger partial charge < -0.3 is 20.1 Å². The maximum atomic E-state index is 11.7. The highest BCUT2D eigenvalue weighted by Crippen LogP contribution is 2.44. The molecule has 1 aliphatic heterocycles. The largest absolute Gasteiger partial charge is 0.396 e. The quantitative estimate of drug-likeness (QED) is 0.684. The molecule has 0 aromatic rings. The van der Waals surface area contributed by atoms with Crippen LogP contribution in [-0.2, 0) is 4.74 Å². The molecule has 2 aliphatic rings. The first kappa shape index (κ1) is 10.7. The minimum Gasteiger partial charge on any atom is -0.396 e. The van der Waals surface area contributed by atoms with Crippen molar-refractivity contribution in [2.45, 2.75) is 12.8 Å². The van der Waals surface area contributed by atoms with Gasteiger partial charge in [-0.2, -0.15) is 0 Å². The molecule has 2 amide bonds. The predicted molar refractivity (Wildman–Crippen MR) is 54.5 cm³/mol. The van der Waals surface area contributed by atoms with E-state index in [0.29, 0.717) is 32.8 Å². The minimum atomic E-state index is -0.0296. The third-order valence-corrected chi connectivity index (χ3v) is 3.21. The molecule has 1 saturated heterocycles. The molecule has 1 aliphatic carbocycles. The number of hydrogen-bond donors (Lipinski definition) is 2. The minimum absolute atomic E-state index is 0.0120. The Morgan fingerprint density at radius 1 is 1.40 bits per heavy atom. The van der Waals surface area contributed by atoms with E-state index in [0.717, 1.165) is 12.8 Å². The Hall–Kier alpha value is -0.810. The Morgan fingerprint density at radius 3 is 2.60 bits per heavy atom. The van der Waals surface area contributed by atoms with Crippen LogP contribution in [0.4, 0.5) is 4.79 Å². The highest BCUT2D eigenvalue weighted by Gasteiger charge is 2.42. The summed E-state index contributed by atoms with van der Waals surface area (Å²) in [5, 5.41) is 12.0. The zero-order valence-corrected chi connectivity index (χ0v) is 8.87. The fourth-order valence-electron chi connectivity index (χ4n) is 1.71. The number of aliphatic hydroxyl groups is 1. The molecule has 1 heterocycles. The second-order valence-corrected chi connectivity index (χ2v) is 4.42. The van der Waals surface area contributed by atoms with Gasteiger partial charge in [-0.3, -0.25) is 0 Å². The Morgan fingerprint density at radius 2 is 2.07 bits per heavy atom. The molecule has 0 unspecified atom stereocenters. The Kier molecular flexibility index (Phi) is 3.11. The van der Waals surface area contributed by atoms with Crippen LogP contribution in [0.3, 0.4) is 0 Å². The molecule has 0 bridgehead atoms. The van der Waals surface area contributed by atoms with Gasteiger partial charge in [0, 0.05) is 25.0 Å². The molecule has 1 saturated carbocycles. The van der Waals surface area contributed by atoms with Crippen molar-refractivity contribution in [3.63, 3.8) is 0 Å². The molecule has 0 atom stereocenters. The first-order chi connectivity index (χ1) is 7.26. The molecule has 5 nitrogen and oxygen atoms in total. The molecule has 0 spiro atoms. The lowest BCUT2D eigenvalue weighted by Gasteiger charge is -2.27. The highest BCUT2D eigenvalue weighted by molar-refractivity contribution is 5.74. The lowest BCUT2D eigenvalue weighted by atomic mass is 10.1. The molecule has 0 aromatic heterocycles. The van der Waals surface area contributed by atoms with E-state index >= 15 is 0 Å². The van der Waals surface area contributed by atoms with Gasteiger partial charge in [0.15, 0.2) is 0 Å². The first-order valence-corrected chi connectivity index (χ1v) is 5.47. The van der Waals surface area contributed by atoms with Crippen LogP contribution >= 0.6 is 0 Å². The van der Waals surface area contributed by atoms with E-state index < -0.39 is 0 Å². The molecule has 2 rings (SSSR count). The lowest BCUT2D eigenvalue weighted by molar-refractivity contribution is 0.0526. The van der Waals surface area contributed by atoms with Gasteiger partial charge in [-0.05, 0) is 12.8 Å². The van der Waals surface area contributed by atoms with Gasteiger partial charge in [0.2, 0.25) is 0 Å². The van der Waals surface area contributed by atoms with Crippen molar-refractivity contribution in [2.24, 2.45) is 5.41 Å². The van der Waals surface area contributed by atoms with E-state index in [1.807, 2.05) is 0 Å². The van der Waals surface area contributed by atoms with Crippen molar-refractivity contribution < 1.29 is 14.6 Å². The van der Waals surface area contributed by atoms with Crippen LogP contribution in [0.15, 0.2) is 0 Å². The fraction of sp³-hybridized carbons (Fsp3) is 0.900. The summed E-state index contributed by atoms with van der Waals surface area (Å²) in [6.45, 7) is 3.35. The average molecular weight is 214 g/mol. The van der Waals surface area contributed by atoms with Crippen LogP contribution in [0, 0.1) is 5.41 Å². The topological polar surface area (TPSA) is 61.8 Å². The van der Waals surface area contributed by atoms with Gasteiger partial charge in [-0.25, -0.2) is 4.79 Å². The van der Waals surface area contributed by atoms with Crippen molar-refractivity contribution in [3.8, 4) is 0 Å². The summed E-state index contributed by atoms with van der Waals surface area (Å²) in [6.07, 6.45) is 2.04. The number of urea groups is 1. The summed E-state index contributed by atoms with van der Waals surface area (Å²) in [5.74, 6) is 0. The zero-order valence-electron chi connectivity index (χ0n) is 8.87. The molecular weight excluding hydrogens is 196 g/mol. The van der Waals surface area contributed by atoms with E-state index in [9.17, 15) is 4.79 Å². The zero-order chi connectivity index (χ0) is 10.7. The van der Waals surface area contributed by atoms with Gasteiger partial charge in [0.25, 0.3) is 0 Å². The van der Waals surface area contributed by atoms with Crippen LogP contribution in [0.1, 0.15) is 12.8 Å². The Bertz CT molecular complexity index is 235. The third kappa shape index (κ3) is 2.60. The number of carbonyl (C=O) groups excluding carboxylic acids is 1. The van der Waals surface area contributed by atoms with E-state index in [1.165, 1.54) is 0 Å². The van der Waals surface area contributed by atoms with Crippen molar-refractivity contribution in [3.05, 3.63) is 0 Å². The van der Waals surface area contributed by atoms with Gasteiger partial charge in [-0.15, -0.1) is 0 Å². The fourth-order valence-corrected chi connectivity index (χ4v) is 1.71. The number of ether oxygens (including phenoxy) is 1. The standard InChI is InChI=1S/C10H18N2O3/c13-8-10(1-2-10)7-11-9(14)12-3-5-15-6-4-12/h13H,1-8H2,(H,11,14). The third-order valence-electron chi connectivity index (χ3n) is 3.21. The van der Waals surface area contributed by atoms with E-state index in [4.69, 9.17) is 9.84 Å². The number of nitrogens with zero attached hydrogens (tertiary/aromatic N) is 1. The summed E-state index contributed by atoms with van der Waals surface area (Å²) in [4.78, 5) is 13.4. The second kappa shape index (κ2) is 4.37. The smallest absolute Gasteiger partial charge is 0.317 e. The average Bonchev–Trinajstić information content (AvgIpc) is 3.08. The number of amides is 2. The van der Waals surface area contributed by atoms with E-state index in [2.05, 4.69) is 5.32 Å². The molecule has 0 aromatic carbocycles. The number of aliphatic hydroxyl groups excluding tert-OH is 1. The van der Waals surface area contributed by atoms with Crippen molar-refractivity contribution in [2.75, 3.05) is 39.5 Å². The molecular formula is C10H18N2O3. The maximum absolute atomic E-state index is 11.7. The molecule has 86 valence electrons. The van der Waals surface area contributed by atoms with Gasteiger partial charge >= 0.3 is 6.03 Å². The highest BCUT2D eigenvalue weighted by atomic mass is 16.5. The van der Waals surface area contributed by atoms with Crippen LogP contribution in [0.5, 0.6) is 0 Å². The summed E-state index contributed by atoms with van der Waals surface area (Å²) in [7, 11) is 0. The number of hydrogen-bond acceptors (Lipinski definition) is 3. The molecule has 0 radical (unpaired) electrons. The van der Waals surface area contributed by atoms with Gasteiger partial charge in [-0.1, -0.05) is 0 Å². The molecule has 5 heteroatoms. The van der Waals surface area contributed by atoms with Gasteiger partial charge in [0.1, 0.15) is 0 Å². The predicted octanol–water partition coefficient (Wildman–Crippen LogP) is -0.199. The number of carbonyl (C=O) groups is 1. The van der Waals surface area contributed by atoms with Crippen LogP contribution < -0.4 is 5.32 Å². The summed E-state index contributed by atoms with van der Waals surface area (Å²) < 4.78 is 5.17. The Labute approximate surface area is 89.4 Å². The van der Waals surface area contributed by atoms with Crippen molar-refractivity contribution >= 4 is 6.03 Å². The normalized spacial score (nSPS) is 23.7. The van der Waals surface area contributed by atoms with Crippen LogP contribution in [0.25, 0.3) is 0 Å². The number of morpholine rings is 1. The molecule has 2 fully saturated rings. The first-order valence-electron chi connectivity index (χ1n) is 5.47. The van der Waals surface area contributed by atoms with Crippen molar-refractivity contribution in [1.29, 1.82) is 0 Å². The van der Waals surface area contributed by atoms with Crippen molar-refractivity contribution in [1.82, 2.24) is 10.2 Å². The van der Waals surface area contributed by atoms with Crippen LogP contribution in [-0.4, -0.2) is 55.5 Å². The summed E-state index contributed by atoms with van der Waals surface area (Å²) >= 11 is 0. The number of rotatable bonds is 3. The Balaban J connectivity index is 1.72. The summed E-state index contributed by atoms with van der Waals surface area (Å²) in [5.41, 5.74) is -0.0120. The van der Waals surface area contributed by atoms with Gasteiger partial charge in [0.05, 0.1) is 19.8 Å².